The van der Waals surface area contributed by atoms with E-state index in [0.29, 0.717) is 17.3 Å². The van der Waals surface area contributed by atoms with Gasteiger partial charge in [0, 0.05) is 10.9 Å². The van der Waals surface area contributed by atoms with Crippen molar-refractivity contribution in [2.24, 2.45) is 0 Å². The van der Waals surface area contributed by atoms with Crippen LogP contribution >= 0.6 is 0 Å². The van der Waals surface area contributed by atoms with Gasteiger partial charge < -0.3 is 13.9 Å². The normalized spacial score (nSPS) is 11.1. The highest BCUT2D eigenvalue weighted by atomic mass is 16.5. The van der Waals surface area contributed by atoms with Crippen molar-refractivity contribution in [3.8, 4) is 11.5 Å². The fourth-order valence-corrected chi connectivity index (χ4v) is 3.03. The van der Waals surface area contributed by atoms with E-state index in [0.717, 1.165) is 22.3 Å². The predicted octanol–water partition coefficient (Wildman–Crippen LogP) is 5.40. The van der Waals surface area contributed by atoms with Crippen LogP contribution < -0.4 is 9.47 Å². The minimum atomic E-state index is -0.496. The second-order valence-corrected chi connectivity index (χ2v) is 6.48. The Morgan fingerprint density at radius 2 is 1.76 bits per heavy atom. The van der Waals surface area contributed by atoms with Gasteiger partial charge in [0.25, 0.3) is 0 Å². The van der Waals surface area contributed by atoms with Crippen LogP contribution in [0.5, 0.6) is 11.5 Å². The van der Waals surface area contributed by atoms with Gasteiger partial charge in [-0.1, -0.05) is 19.9 Å². The van der Waals surface area contributed by atoms with Gasteiger partial charge in [-0.15, -0.1) is 0 Å². The minimum Gasteiger partial charge on any atom is -0.497 e. The van der Waals surface area contributed by atoms with Gasteiger partial charge in [0.1, 0.15) is 17.1 Å². The van der Waals surface area contributed by atoms with E-state index in [1.807, 2.05) is 38.1 Å². The molecular formula is C21H22O4. The second kappa shape index (κ2) is 6.63. The lowest BCUT2D eigenvalue weighted by Crippen LogP contribution is -2.09. The molecule has 3 rings (SSSR count). The van der Waals surface area contributed by atoms with E-state index in [1.54, 1.807) is 19.2 Å². The molecule has 0 fully saturated rings. The Balaban J connectivity index is 1.90. The molecule has 0 N–H and O–H groups in total. The molecule has 0 spiro atoms. The summed E-state index contributed by atoms with van der Waals surface area (Å²) in [6.45, 7) is 8.14. The van der Waals surface area contributed by atoms with Crippen molar-refractivity contribution in [2.45, 2.75) is 33.6 Å². The summed E-state index contributed by atoms with van der Waals surface area (Å²) >= 11 is 0. The van der Waals surface area contributed by atoms with Crippen LogP contribution in [0.25, 0.3) is 11.0 Å². The summed E-state index contributed by atoms with van der Waals surface area (Å²) in [5.74, 6) is 1.39. The highest BCUT2D eigenvalue weighted by Crippen LogP contribution is 2.30. The van der Waals surface area contributed by atoms with Crippen LogP contribution in [0.2, 0.25) is 0 Å². The smallest absolute Gasteiger partial charge is 0.379 e. The molecule has 0 saturated carbocycles. The molecule has 0 bridgehead atoms. The lowest BCUT2D eigenvalue weighted by Gasteiger charge is -2.11. The van der Waals surface area contributed by atoms with E-state index in [2.05, 4.69) is 13.8 Å². The maximum atomic E-state index is 12.5. The van der Waals surface area contributed by atoms with Gasteiger partial charge in [0.15, 0.2) is 0 Å². The summed E-state index contributed by atoms with van der Waals surface area (Å²) in [5.41, 5.74) is 3.73. The molecule has 3 aromatic rings. The number of hydrogen-bond donors (Lipinski definition) is 0. The summed E-state index contributed by atoms with van der Waals surface area (Å²) in [7, 11) is 1.61. The zero-order chi connectivity index (χ0) is 18.1. The molecule has 0 amide bonds. The highest BCUT2D eigenvalue weighted by Gasteiger charge is 2.20. The summed E-state index contributed by atoms with van der Waals surface area (Å²) in [6, 6.07) is 11.1. The molecule has 2 aromatic carbocycles. The minimum absolute atomic E-state index is 0.217. The van der Waals surface area contributed by atoms with E-state index >= 15 is 0 Å². The third-order valence-electron chi connectivity index (χ3n) is 4.40. The zero-order valence-corrected chi connectivity index (χ0v) is 15.2. The number of furan rings is 1. The summed E-state index contributed by atoms with van der Waals surface area (Å²) in [4.78, 5) is 12.5. The zero-order valence-electron chi connectivity index (χ0n) is 15.2. The van der Waals surface area contributed by atoms with Crippen LogP contribution in [-0.4, -0.2) is 13.1 Å². The molecule has 0 radical (unpaired) electrons. The Morgan fingerprint density at radius 3 is 2.40 bits per heavy atom. The number of benzene rings is 2. The highest BCUT2D eigenvalue weighted by molar-refractivity contribution is 5.97. The Kier molecular flexibility index (Phi) is 4.53. The van der Waals surface area contributed by atoms with E-state index in [9.17, 15) is 4.79 Å². The van der Waals surface area contributed by atoms with E-state index < -0.39 is 5.97 Å². The molecule has 1 aromatic heterocycles. The molecule has 0 aliphatic carbocycles. The number of rotatable bonds is 4. The van der Waals surface area contributed by atoms with Gasteiger partial charge >= 0.3 is 5.97 Å². The van der Waals surface area contributed by atoms with Crippen LogP contribution in [0, 0.1) is 13.8 Å². The maximum Gasteiger partial charge on any atom is 0.379 e. The summed E-state index contributed by atoms with van der Waals surface area (Å²) in [5, 5.41) is 0.845. The van der Waals surface area contributed by atoms with Crippen molar-refractivity contribution in [2.75, 3.05) is 7.11 Å². The summed E-state index contributed by atoms with van der Waals surface area (Å²) < 4.78 is 16.4. The standard InChI is InChI=1S/C21H22O4/c1-12(2)17-8-6-16(10-13(17)3)24-21(22)20-14(4)18-11-15(23-5)7-9-19(18)25-20/h6-12H,1-5H3. The SMILES string of the molecule is COc1ccc2oc(C(=O)Oc3ccc(C(C)C)c(C)c3)c(C)c2c1. The van der Waals surface area contributed by atoms with Crippen LogP contribution in [0.3, 0.4) is 0 Å². The number of aryl methyl sites for hydroxylation is 2. The van der Waals surface area contributed by atoms with Crippen LogP contribution in [0.4, 0.5) is 0 Å². The van der Waals surface area contributed by atoms with E-state index in [-0.39, 0.29) is 5.76 Å². The largest absolute Gasteiger partial charge is 0.497 e. The Morgan fingerprint density at radius 1 is 1.04 bits per heavy atom. The average molecular weight is 338 g/mol. The number of carbonyl (C=O) groups excluding carboxylic acids is 1. The molecule has 0 saturated heterocycles. The number of fused-ring (bicyclic) bond motifs is 1. The first-order chi connectivity index (χ1) is 11.9. The Labute approximate surface area is 147 Å². The first kappa shape index (κ1) is 17.1. The van der Waals surface area contributed by atoms with Gasteiger partial charge in [-0.3, -0.25) is 0 Å². The van der Waals surface area contributed by atoms with E-state index in [1.165, 1.54) is 5.56 Å². The molecule has 0 aliphatic heterocycles. The third-order valence-corrected chi connectivity index (χ3v) is 4.40. The molecule has 0 unspecified atom stereocenters. The Bertz CT molecular complexity index is 934. The second-order valence-electron chi connectivity index (χ2n) is 6.48. The van der Waals surface area contributed by atoms with Crippen molar-refractivity contribution < 1.29 is 18.7 Å². The fourth-order valence-electron chi connectivity index (χ4n) is 3.03. The number of ether oxygens (including phenoxy) is 2. The quantitative estimate of drug-likeness (QED) is 0.472. The van der Waals surface area contributed by atoms with Crippen molar-refractivity contribution in [3.63, 3.8) is 0 Å². The molecular weight excluding hydrogens is 316 g/mol. The first-order valence-corrected chi connectivity index (χ1v) is 8.30. The van der Waals surface area contributed by atoms with Crippen LogP contribution in [0.15, 0.2) is 40.8 Å². The van der Waals surface area contributed by atoms with E-state index in [4.69, 9.17) is 13.9 Å². The molecule has 4 heteroatoms. The molecule has 0 atom stereocenters. The fraction of sp³-hybridized carbons (Fsp3) is 0.286. The van der Waals surface area contributed by atoms with Gasteiger partial charge in [0.2, 0.25) is 5.76 Å². The van der Waals surface area contributed by atoms with Gasteiger partial charge in [-0.05, 0) is 61.2 Å². The monoisotopic (exact) mass is 338 g/mol. The van der Waals surface area contributed by atoms with Gasteiger partial charge in [-0.25, -0.2) is 4.79 Å². The third kappa shape index (κ3) is 3.25. The van der Waals surface area contributed by atoms with Gasteiger partial charge in [0.05, 0.1) is 7.11 Å². The number of esters is 1. The number of methoxy groups -OCH3 is 1. The lowest BCUT2D eigenvalue weighted by molar-refractivity contribution is 0.0703. The number of carbonyl (C=O) groups is 1. The number of hydrogen-bond acceptors (Lipinski definition) is 4. The van der Waals surface area contributed by atoms with Crippen molar-refractivity contribution >= 4 is 16.9 Å². The molecule has 25 heavy (non-hydrogen) atoms. The molecule has 0 aliphatic rings. The van der Waals surface area contributed by atoms with Crippen molar-refractivity contribution in [1.29, 1.82) is 0 Å². The first-order valence-electron chi connectivity index (χ1n) is 8.30. The van der Waals surface area contributed by atoms with Crippen molar-refractivity contribution in [1.82, 2.24) is 0 Å². The molecule has 4 nitrogen and oxygen atoms in total. The summed E-state index contributed by atoms with van der Waals surface area (Å²) in [6.07, 6.45) is 0. The van der Waals surface area contributed by atoms with Crippen LogP contribution in [0.1, 0.15) is 47.0 Å². The topological polar surface area (TPSA) is 48.7 Å². The molecule has 1 heterocycles. The van der Waals surface area contributed by atoms with Gasteiger partial charge in [-0.2, -0.15) is 0 Å². The lowest BCUT2D eigenvalue weighted by atomic mass is 9.98. The molecule has 130 valence electrons. The predicted molar refractivity (Wildman–Crippen MR) is 97.7 cm³/mol. The average Bonchev–Trinajstić information content (AvgIpc) is 2.91. The Hall–Kier alpha value is -2.75. The maximum absolute atomic E-state index is 12.5. The van der Waals surface area contributed by atoms with Crippen molar-refractivity contribution in [3.05, 3.63) is 58.8 Å². The van der Waals surface area contributed by atoms with Crippen LogP contribution in [-0.2, 0) is 0 Å².